The summed E-state index contributed by atoms with van der Waals surface area (Å²) in [5, 5.41) is 14.3. The van der Waals surface area contributed by atoms with Gasteiger partial charge in [-0.15, -0.1) is 0 Å². The summed E-state index contributed by atoms with van der Waals surface area (Å²) >= 11 is 5.74. The molecule has 1 rings (SSSR count). The molecule has 1 aromatic heterocycles. The van der Waals surface area contributed by atoms with Crippen LogP contribution in [-0.4, -0.2) is 41.5 Å². The molecule has 0 unspecified atom stereocenters. The van der Waals surface area contributed by atoms with Crippen LogP contribution in [0.5, 0.6) is 0 Å². The summed E-state index contributed by atoms with van der Waals surface area (Å²) in [6.45, 7) is 4.17. The molecular weight excluding hydrogens is 348 g/mol. The van der Waals surface area contributed by atoms with E-state index in [0.29, 0.717) is 5.02 Å². The number of hydrogen-bond acceptors (Lipinski definition) is 6. The Morgan fingerprint density at radius 3 is 2.68 bits per heavy atom. The van der Waals surface area contributed by atoms with E-state index in [1.165, 1.54) is 18.3 Å². The molecule has 0 aromatic carbocycles. The maximum Gasteiger partial charge on any atom is 0.325 e. The SMILES string of the molecule is CC(C)[C@](C)(C#N)NC(=O)COC(=O)CNC(=O)c1cc(Cl)ccn1. The first kappa shape index (κ1) is 20.4. The van der Waals surface area contributed by atoms with E-state index in [4.69, 9.17) is 21.6 Å². The smallest absolute Gasteiger partial charge is 0.325 e. The number of hydrogen-bond donors (Lipinski definition) is 2. The maximum atomic E-state index is 11.8. The average molecular weight is 367 g/mol. The van der Waals surface area contributed by atoms with Crippen molar-refractivity contribution in [1.82, 2.24) is 15.6 Å². The molecule has 0 spiro atoms. The minimum absolute atomic E-state index is 0.0553. The zero-order chi connectivity index (χ0) is 19.0. The number of amides is 2. The van der Waals surface area contributed by atoms with Crippen molar-refractivity contribution >= 4 is 29.4 Å². The van der Waals surface area contributed by atoms with E-state index < -0.39 is 36.5 Å². The van der Waals surface area contributed by atoms with Crippen LogP contribution in [0.15, 0.2) is 18.3 Å². The average Bonchev–Trinajstić information content (AvgIpc) is 2.57. The summed E-state index contributed by atoms with van der Waals surface area (Å²) in [7, 11) is 0. The number of carbonyl (C=O) groups is 3. The van der Waals surface area contributed by atoms with Gasteiger partial charge in [-0.25, -0.2) is 0 Å². The Bertz CT molecular complexity index is 702. The number of halogens is 1. The molecule has 0 saturated heterocycles. The van der Waals surface area contributed by atoms with Gasteiger partial charge in [-0.3, -0.25) is 19.4 Å². The normalized spacial score (nSPS) is 12.6. The van der Waals surface area contributed by atoms with Crippen LogP contribution in [0.3, 0.4) is 0 Å². The molecule has 0 fully saturated rings. The van der Waals surface area contributed by atoms with E-state index in [2.05, 4.69) is 15.6 Å². The van der Waals surface area contributed by atoms with Crippen LogP contribution in [0.2, 0.25) is 5.02 Å². The van der Waals surface area contributed by atoms with E-state index in [-0.39, 0.29) is 11.6 Å². The Hall–Kier alpha value is -2.66. The van der Waals surface area contributed by atoms with E-state index in [1.54, 1.807) is 20.8 Å². The minimum Gasteiger partial charge on any atom is -0.454 e. The number of nitrogens with one attached hydrogen (secondary N) is 2. The first-order valence-corrected chi connectivity index (χ1v) is 7.83. The van der Waals surface area contributed by atoms with Crippen molar-refractivity contribution < 1.29 is 19.1 Å². The van der Waals surface area contributed by atoms with Gasteiger partial charge in [0.05, 0.1) is 6.07 Å². The molecule has 2 amide bonds. The third kappa shape index (κ3) is 6.39. The van der Waals surface area contributed by atoms with Gasteiger partial charge in [0, 0.05) is 11.2 Å². The lowest BCUT2D eigenvalue weighted by Crippen LogP contribution is -2.50. The Morgan fingerprint density at radius 2 is 2.12 bits per heavy atom. The van der Waals surface area contributed by atoms with Crippen molar-refractivity contribution in [2.75, 3.05) is 13.2 Å². The van der Waals surface area contributed by atoms with E-state index in [0.717, 1.165) is 0 Å². The van der Waals surface area contributed by atoms with Crippen molar-refractivity contribution in [3.8, 4) is 6.07 Å². The third-order valence-corrected chi connectivity index (χ3v) is 3.73. The Morgan fingerprint density at radius 1 is 1.44 bits per heavy atom. The summed E-state index contributed by atoms with van der Waals surface area (Å²) in [5.74, 6) is -2.12. The Balaban J connectivity index is 2.41. The summed E-state index contributed by atoms with van der Waals surface area (Å²) in [6.07, 6.45) is 1.36. The lowest BCUT2D eigenvalue weighted by atomic mass is 9.90. The molecule has 1 atom stereocenters. The van der Waals surface area contributed by atoms with E-state index >= 15 is 0 Å². The van der Waals surface area contributed by atoms with Gasteiger partial charge >= 0.3 is 5.97 Å². The molecule has 1 aromatic rings. The van der Waals surface area contributed by atoms with Crippen LogP contribution in [-0.2, 0) is 14.3 Å². The lowest BCUT2D eigenvalue weighted by Gasteiger charge is -2.27. The molecule has 134 valence electrons. The van der Waals surface area contributed by atoms with Gasteiger partial charge < -0.3 is 15.4 Å². The second kappa shape index (κ2) is 8.99. The zero-order valence-corrected chi connectivity index (χ0v) is 14.9. The van der Waals surface area contributed by atoms with Gasteiger partial charge in [-0.1, -0.05) is 25.4 Å². The van der Waals surface area contributed by atoms with Gasteiger partial charge in [0.2, 0.25) is 0 Å². The largest absolute Gasteiger partial charge is 0.454 e. The van der Waals surface area contributed by atoms with Crippen molar-refractivity contribution in [1.29, 1.82) is 5.26 Å². The van der Waals surface area contributed by atoms with Crippen LogP contribution >= 0.6 is 11.6 Å². The molecule has 0 aliphatic carbocycles. The molecule has 0 aliphatic heterocycles. The highest BCUT2D eigenvalue weighted by Crippen LogP contribution is 2.14. The van der Waals surface area contributed by atoms with E-state index in [1.807, 2.05) is 6.07 Å². The number of aromatic nitrogens is 1. The second-order valence-electron chi connectivity index (χ2n) is 5.72. The zero-order valence-electron chi connectivity index (χ0n) is 14.1. The third-order valence-electron chi connectivity index (χ3n) is 3.50. The molecule has 0 saturated carbocycles. The topological polar surface area (TPSA) is 121 Å². The predicted octanol–water partition coefficient (Wildman–Crippen LogP) is 1.06. The summed E-state index contributed by atoms with van der Waals surface area (Å²) in [5.41, 5.74) is -1.00. The molecule has 0 aliphatic rings. The Kier molecular flexibility index (Phi) is 7.33. The maximum absolute atomic E-state index is 11.8. The van der Waals surface area contributed by atoms with Crippen LogP contribution in [0.25, 0.3) is 0 Å². The number of rotatable bonds is 7. The minimum atomic E-state index is -1.06. The second-order valence-corrected chi connectivity index (χ2v) is 6.16. The first-order valence-electron chi connectivity index (χ1n) is 7.45. The number of nitriles is 1. The number of nitrogens with zero attached hydrogens (tertiary/aromatic N) is 2. The van der Waals surface area contributed by atoms with Crippen molar-refractivity contribution in [2.24, 2.45) is 5.92 Å². The van der Waals surface area contributed by atoms with Gasteiger partial charge in [-0.05, 0) is 25.0 Å². The number of ether oxygens (including phenoxy) is 1. The highest BCUT2D eigenvalue weighted by atomic mass is 35.5. The standard InChI is InChI=1S/C16H19ClN4O4/c1-10(2)16(3,9-18)21-13(22)8-25-14(23)7-20-15(24)12-6-11(17)4-5-19-12/h4-6,10H,7-8H2,1-3H3,(H,20,24)(H,21,22)/t16-/m0/s1. The molecular formula is C16H19ClN4O4. The van der Waals surface area contributed by atoms with Gasteiger partial charge in [0.1, 0.15) is 17.8 Å². The fourth-order valence-corrected chi connectivity index (χ4v) is 1.76. The molecule has 8 nitrogen and oxygen atoms in total. The van der Waals surface area contributed by atoms with Crippen LogP contribution in [0, 0.1) is 17.2 Å². The van der Waals surface area contributed by atoms with Gasteiger partial charge in [-0.2, -0.15) is 5.26 Å². The molecule has 0 bridgehead atoms. The number of esters is 1. The molecule has 1 heterocycles. The summed E-state index contributed by atoms with van der Waals surface area (Å²) in [6, 6.07) is 4.87. The molecule has 9 heteroatoms. The van der Waals surface area contributed by atoms with Crippen molar-refractivity contribution in [3.63, 3.8) is 0 Å². The molecule has 0 radical (unpaired) electrons. The Labute approximate surface area is 150 Å². The fourth-order valence-electron chi connectivity index (χ4n) is 1.60. The number of pyridine rings is 1. The summed E-state index contributed by atoms with van der Waals surface area (Å²) in [4.78, 5) is 39.0. The van der Waals surface area contributed by atoms with Crippen LogP contribution in [0.4, 0.5) is 0 Å². The van der Waals surface area contributed by atoms with E-state index in [9.17, 15) is 14.4 Å². The van der Waals surface area contributed by atoms with Crippen LogP contribution in [0.1, 0.15) is 31.3 Å². The van der Waals surface area contributed by atoms with Gasteiger partial charge in [0.15, 0.2) is 6.61 Å². The first-order chi connectivity index (χ1) is 11.7. The molecule has 2 N–H and O–H groups in total. The van der Waals surface area contributed by atoms with Crippen LogP contribution < -0.4 is 10.6 Å². The monoisotopic (exact) mass is 366 g/mol. The van der Waals surface area contributed by atoms with Crippen molar-refractivity contribution in [2.45, 2.75) is 26.3 Å². The summed E-state index contributed by atoms with van der Waals surface area (Å²) < 4.78 is 4.76. The van der Waals surface area contributed by atoms with Crippen molar-refractivity contribution in [3.05, 3.63) is 29.0 Å². The lowest BCUT2D eigenvalue weighted by molar-refractivity contribution is -0.147. The predicted molar refractivity (Wildman–Crippen MR) is 89.5 cm³/mol. The number of carbonyl (C=O) groups excluding carboxylic acids is 3. The molecule has 25 heavy (non-hydrogen) atoms. The fraction of sp³-hybridized carbons (Fsp3) is 0.438. The highest BCUT2D eigenvalue weighted by Gasteiger charge is 2.30. The highest BCUT2D eigenvalue weighted by molar-refractivity contribution is 6.30. The van der Waals surface area contributed by atoms with Gasteiger partial charge in [0.25, 0.3) is 11.8 Å². The quantitative estimate of drug-likeness (QED) is 0.696.